The van der Waals surface area contributed by atoms with E-state index in [0.717, 1.165) is 34.6 Å². The van der Waals surface area contributed by atoms with Gasteiger partial charge in [-0.3, -0.25) is 0 Å². The van der Waals surface area contributed by atoms with E-state index in [9.17, 15) is 5.26 Å². The van der Waals surface area contributed by atoms with Crippen LogP contribution >= 0.6 is 0 Å². The first kappa shape index (κ1) is 16.9. The Morgan fingerprint density at radius 1 is 1.04 bits per heavy atom. The van der Waals surface area contributed by atoms with Crippen molar-refractivity contribution >= 4 is 0 Å². The van der Waals surface area contributed by atoms with E-state index < -0.39 is 0 Å². The molecule has 3 heteroatoms. The molecule has 0 N–H and O–H groups in total. The van der Waals surface area contributed by atoms with E-state index in [2.05, 4.69) is 25.1 Å². The fourth-order valence-electron chi connectivity index (χ4n) is 2.78. The van der Waals surface area contributed by atoms with Crippen LogP contribution in [0.2, 0.25) is 0 Å². The highest BCUT2D eigenvalue weighted by Gasteiger charge is 2.19. The third-order valence-electron chi connectivity index (χ3n) is 4.09. The molecule has 0 spiro atoms. The van der Waals surface area contributed by atoms with E-state index >= 15 is 0 Å². The molecular formula is C20H23NO2. The molecule has 23 heavy (non-hydrogen) atoms. The zero-order valence-corrected chi connectivity index (χ0v) is 14.2. The molecule has 2 aromatic carbocycles. The summed E-state index contributed by atoms with van der Waals surface area (Å²) in [4.78, 5) is 0. The highest BCUT2D eigenvalue weighted by molar-refractivity contribution is 5.45. The number of rotatable bonds is 6. The summed E-state index contributed by atoms with van der Waals surface area (Å²) in [5.74, 6) is 1.31. The predicted molar refractivity (Wildman–Crippen MR) is 92.2 cm³/mol. The average Bonchev–Trinajstić information content (AvgIpc) is 2.59. The van der Waals surface area contributed by atoms with Gasteiger partial charge >= 0.3 is 0 Å². The third kappa shape index (κ3) is 3.84. The smallest absolute Gasteiger partial charge is 0.123 e. The molecule has 0 aliphatic rings. The van der Waals surface area contributed by atoms with E-state index in [1.165, 1.54) is 5.56 Å². The fraction of sp³-hybridized carbons (Fsp3) is 0.350. The number of ether oxygens (including phenoxy) is 2. The van der Waals surface area contributed by atoms with Crippen LogP contribution in [0.5, 0.6) is 11.5 Å². The Hall–Kier alpha value is -2.47. The van der Waals surface area contributed by atoms with Crippen LogP contribution in [0, 0.1) is 18.3 Å². The van der Waals surface area contributed by atoms with Crippen molar-refractivity contribution in [2.24, 2.45) is 0 Å². The maximum Gasteiger partial charge on any atom is 0.123 e. The summed E-state index contributed by atoms with van der Waals surface area (Å²) in [7, 11) is 3.31. The molecule has 1 atom stereocenters. The van der Waals surface area contributed by atoms with Gasteiger partial charge in [0.05, 0.1) is 26.2 Å². The number of hydrogen-bond acceptors (Lipinski definition) is 3. The quantitative estimate of drug-likeness (QED) is 0.793. The summed E-state index contributed by atoms with van der Waals surface area (Å²) in [5, 5.41) is 9.70. The monoisotopic (exact) mass is 309 g/mol. The molecule has 0 aromatic heterocycles. The second-order valence-electron chi connectivity index (χ2n) is 5.63. The number of aryl methyl sites for hydroxylation is 2. The zero-order chi connectivity index (χ0) is 16.8. The molecule has 0 fully saturated rings. The largest absolute Gasteiger partial charge is 0.496 e. The van der Waals surface area contributed by atoms with Crippen molar-refractivity contribution < 1.29 is 9.47 Å². The van der Waals surface area contributed by atoms with Crippen molar-refractivity contribution in [2.75, 3.05) is 14.2 Å². The van der Waals surface area contributed by atoms with Gasteiger partial charge in [-0.25, -0.2) is 0 Å². The Bertz CT molecular complexity index is 716. The summed E-state index contributed by atoms with van der Waals surface area (Å²) in [6.45, 7) is 4.15. The zero-order valence-electron chi connectivity index (χ0n) is 14.2. The first-order valence-electron chi connectivity index (χ1n) is 7.82. The van der Waals surface area contributed by atoms with E-state index in [0.29, 0.717) is 6.42 Å². The fourth-order valence-corrected chi connectivity index (χ4v) is 2.78. The van der Waals surface area contributed by atoms with Crippen LogP contribution in [-0.2, 0) is 12.8 Å². The van der Waals surface area contributed by atoms with E-state index in [1.54, 1.807) is 14.2 Å². The van der Waals surface area contributed by atoms with Crippen molar-refractivity contribution in [2.45, 2.75) is 32.6 Å². The highest BCUT2D eigenvalue weighted by Crippen LogP contribution is 2.32. The van der Waals surface area contributed by atoms with Gasteiger partial charge in [0.25, 0.3) is 0 Å². The molecule has 0 saturated heterocycles. The summed E-state index contributed by atoms with van der Waals surface area (Å²) >= 11 is 0. The van der Waals surface area contributed by atoms with Crippen LogP contribution in [0.3, 0.4) is 0 Å². The topological polar surface area (TPSA) is 42.2 Å². The first-order chi connectivity index (χ1) is 11.1. The summed E-state index contributed by atoms with van der Waals surface area (Å²) in [6, 6.07) is 14.6. The summed E-state index contributed by atoms with van der Waals surface area (Å²) in [6.07, 6.45) is 1.56. The minimum atomic E-state index is -0.272. The molecule has 0 aliphatic heterocycles. The Balaban J connectivity index is 2.41. The molecule has 2 rings (SSSR count). The molecule has 0 aliphatic carbocycles. The molecule has 0 bridgehead atoms. The molecule has 0 radical (unpaired) electrons. The van der Waals surface area contributed by atoms with Crippen LogP contribution < -0.4 is 9.47 Å². The summed E-state index contributed by atoms with van der Waals surface area (Å²) in [5.41, 5.74) is 4.35. The standard InChI is InChI=1S/C20H23NO2/c1-5-15-7-9-19(22-3)16(11-15)12-17(13-21)18-10-14(2)6-8-20(18)23-4/h6-11,17H,5,12H2,1-4H3. The Labute approximate surface area is 138 Å². The van der Waals surface area contributed by atoms with Crippen LogP contribution in [-0.4, -0.2) is 14.2 Å². The van der Waals surface area contributed by atoms with Gasteiger partial charge in [0.1, 0.15) is 11.5 Å². The first-order valence-corrected chi connectivity index (χ1v) is 7.82. The van der Waals surface area contributed by atoms with Gasteiger partial charge in [-0.05, 0) is 43.0 Å². The molecule has 0 heterocycles. The van der Waals surface area contributed by atoms with Gasteiger partial charge in [0.15, 0.2) is 0 Å². The van der Waals surface area contributed by atoms with Crippen molar-refractivity contribution in [3.05, 3.63) is 58.7 Å². The lowest BCUT2D eigenvalue weighted by Crippen LogP contribution is -2.05. The van der Waals surface area contributed by atoms with Crippen LogP contribution in [0.1, 0.15) is 35.1 Å². The van der Waals surface area contributed by atoms with E-state index in [1.807, 2.05) is 31.2 Å². The van der Waals surface area contributed by atoms with Gasteiger partial charge in [0, 0.05) is 5.56 Å². The maximum atomic E-state index is 9.70. The normalized spacial score (nSPS) is 11.6. The number of nitrogens with zero attached hydrogens (tertiary/aromatic N) is 1. The Kier molecular flexibility index (Phi) is 5.65. The molecule has 0 saturated carbocycles. The molecular weight excluding hydrogens is 286 g/mol. The second kappa shape index (κ2) is 7.69. The van der Waals surface area contributed by atoms with Crippen molar-refractivity contribution in [3.8, 4) is 17.6 Å². The lowest BCUT2D eigenvalue weighted by molar-refractivity contribution is 0.404. The lowest BCUT2D eigenvalue weighted by atomic mass is 9.90. The molecule has 1 unspecified atom stereocenters. The lowest BCUT2D eigenvalue weighted by Gasteiger charge is -2.17. The third-order valence-corrected chi connectivity index (χ3v) is 4.09. The number of nitriles is 1. The van der Waals surface area contributed by atoms with Crippen molar-refractivity contribution in [1.82, 2.24) is 0 Å². The van der Waals surface area contributed by atoms with Gasteiger partial charge in [-0.2, -0.15) is 5.26 Å². The SMILES string of the molecule is CCc1ccc(OC)c(CC(C#N)c2cc(C)ccc2OC)c1. The highest BCUT2D eigenvalue weighted by atomic mass is 16.5. The second-order valence-corrected chi connectivity index (χ2v) is 5.63. The van der Waals surface area contributed by atoms with Gasteiger partial charge in [-0.15, -0.1) is 0 Å². The number of methoxy groups -OCH3 is 2. The van der Waals surface area contributed by atoms with Gasteiger partial charge in [0.2, 0.25) is 0 Å². The summed E-state index contributed by atoms with van der Waals surface area (Å²) < 4.78 is 10.9. The molecule has 2 aromatic rings. The van der Waals surface area contributed by atoms with Gasteiger partial charge < -0.3 is 9.47 Å². The molecule has 3 nitrogen and oxygen atoms in total. The van der Waals surface area contributed by atoms with E-state index in [4.69, 9.17) is 9.47 Å². The van der Waals surface area contributed by atoms with E-state index in [-0.39, 0.29) is 5.92 Å². The maximum absolute atomic E-state index is 9.70. The number of benzene rings is 2. The van der Waals surface area contributed by atoms with Gasteiger partial charge in [-0.1, -0.05) is 36.8 Å². The van der Waals surface area contributed by atoms with Crippen LogP contribution in [0.15, 0.2) is 36.4 Å². The van der Waals surface area contributed by atoms with Crippen LogP contribution in [0.4, 0.5) is 0 Å². The minimum Gasteiger partial charge on any atom is -0.496 e. The molecule has 0 amide bonds. The van der Waals surface area contributed by atoms with Crippen LogP contribution in [0.25, 0.3) is 0 Å². The predicted octanol–water partition coefficient (Wildman–Crippen LogP) is 4.42. The van der Waals surface area contributed by atoms with Crippen molar-refractivity contribution in [3.63, 3.8) is 0 Å². The van der Waals surface area contributed by atoms with Crippen molar-refractivity contribution in [1.29, 1.82) is 5.26 Å². The number of hydrogen-bond donors (Lipinski definition) is 0. The Morgan fingerprint density at radius 3 is 2.35 bits per heavy atom. The Morgan fingerprint density at radius 2 is 1.74 bits per heavy atom. The minimum absolute atomic E-state index is 0.272. The average molecular weight is 309 g/mol. The molecule has 120 valence electrons.